The Morgan fingerprint density at radius 1 is 0.513 bits per heavy atom. The molecule has 9 rings (SSSR count). The summed E-state index contributed by atoms with van der Waals surface area (Å²) in [5.74, 6) is 3.80. The number of amides is 3. The van der Waals surface area contributed by atoms with E-state index in [9.17, 15) is 28.9 Å². The summed E-state index contributed by atoms with van der Waals surface area (Å²) in [4.78, 5) is 59.9. The molecule has 15 nitrogen and oxygen atoms in total. The zero-order valence-electron chi connectivity index (χ0n) is 46.7. The molecule has 0 atom stereocenters. The maximum absolute atomic E-state index is 13.5. The van der Waals surface area contributed by atoms with Crippen LogP contribution in [0.1, 0.15) is 136 Å². The number of piperidine rings is 3. The second kappa shape index (κ2) is 31.3. The summed E-state index contributed by atoms with van der Waals surface area (Å²) < 4.78 is 29.8. The number of unbranched alkanes of at least 4 members (excludes halogenated alkanes) is 3. The number of nitro benzene ring substituents is 1. The van der Waals surface area contributed by atoms with Gasteiger partial charge in [0.25, 0.3) is 23.4 Å². The number of anilines is 3. The van der Waals surface area contributed by atoms with Gasteiger partial charge < -0.3 is 43.6 Å². The van der Waals surface area contributed by atoms with Gasteiger partial charge in [-0.05, 0) is 165 Å². The number of likely N-dealkylation sites (tertiary alicyclic amines) is 3. The van der Waals surface area contributed by atoms with Crippen molar-refractivity contribution < 1.29 is 37.9 Å². The number of hydrogen-bond acceptors (Lipinski definition) is 11. The van der Waals surface area contributed by atoms with Crippen LogP contribution in [0.3, 0.4) is 0 Å². The molecule has 6 heterocycles. The lowest BCUT2D eigenvalue weighted by Gasteiger charge is -2.33. The molecular weight excluding hydrogens is 1040 g/mol. The Hall–Kier alpha value is -4.74. The van der Waals surface area contributed by atoms with Crippen LogP contribution in [-0.2, 0) is 14.4 Å². The number of ether oxygens (including phenoxy) is 3. The first-order chi connectivity index (χ1) is 37.8. The van der Waals surface area contributed by atoms with Crippen LogP contribution < -0.4 is 28.9 Å². The van der Waals surface area contributed by atoms with Crippen LogP contribution in [0, 0.1) is 33.7 Å². The molecular formula is C60H86Cl2FN7O8. The molecule has 0 aliphatic carbocycles. The van der Waals surface area contributed by atoms with E-state index in [2.05, 4.69) is 35.5 Å². The largest absolute Gasteiger partial charge is 0.482 e. The second-order valence-electron chi connectivity index (χ2n) is 22.1. The smallest absolute Gasteiger partial charge is 0.291 e. The van der Waals surface area contributed by atoms with Crippen molar-refractivity contribution in [2.75, 3.05) is 113 Å². The fourth-order valence-electron chi connectivity index (χ4n) is 11.8. The van der Waals surface area contributed by atoms with Crippen molar-refractivity contribution >= 4 is 63.7 Å². The van der Waals surface area contributed by atoms with Crippen molar-refractivity contribution in [2.24, 2.45) is 17.8 Å². The number of hydrogen-bond donors (Lipinski definition) is 0. The third-order valence-corrected chi connectivity index (χ3v) is 17.0. The topological polar surface area (TPSA) is 141 Å². The highest BCUT2D eigenvalue weighted by molar-refractivity contribution is 6.33. The Kier molecular flexibility index (Phi) is 24.4. The van der Waals surface area contributed by atoms with Crippen LogP contribution in [-0.4, -0.2) is 136 Å². The summed E-state index contributed by atoms with van der Waals surface area (Å²) in [6.45, 7) is 18.7. The van der Waals surface area contributed by atoms with E-state index in [1.807, 2.05) is 17.0 Å². The number of rotatable bonds is 22. The maximum atomic E-state index is 13.5. The van der Waals surface area contributed by atoms with Crippen LogP contribution in [0.15, 0.2) is 48.5 Å². The minimum atomic E-state index is -0.545. The molecule has 0 saturated carbocycles. The van der Waals surface area contributed by atoms with Gasteiger partial charge >= 0.3 is 0 Å². The van der Waals surface area contributed by atoms with Crippen molar-refractivity contribution in [1.29, 1.82) is 0 Å². The number of carbonyl (C=O) groups is 3. The first kappa shape index (κ1) is 60.9. The molecule has 3 fully saturated rings. The lowest BCUT2D eigenvalue weighted by Crippen LogP contribution is -2.41. The molecule has 6 aliphatic rings. The summed E-state index contributed by atoms with van der Waals surface area (Å²) in [7, 11) is 0. The van der Waals surface area contributed by atoms with Gasteiger partial charge in [-0.3, -0.25) is 24.5 Å². The number of fused-ring (bicyclic) bond motifs is 3. The average molecular weight is 1120 g/mol. The van der Waals surface area contributed by atoms with Crippen molar-refractivity contribution in [2.45, 2.75) is 136 Å². The second-order valence-corrected chi connectivity index (χ2v) is 22.9. The first-order valence-electron chi connectivity index (χ1n) is 29.4. The van der Waals surface area contributed by atoms with Crippen LogP contribution in [0.25, 0.3) is 0 Å². The third-order valence-electron chi connectivity index (χ3n) is 16.5. The summed E-state index contributed by atoms with van der Waals surface area (Å²) in [6, 6.07) is 12.6. The van der Waals surface area contributed by atoms with Crippen molar-refractivity contribution in [3.8, 4) is 17.2 Å². The molecule has 0 spiro atoms. The van der Waals surface area contributed by atoms with Gasteiger partial charge in [-0.25, -0.2) is 4.39 Å². The molecule has 6 aliphatic heterocycles. The van der Waals surface area contributed by atoms with E-state index in [-0.39, 0.29) is 54.1 Å². The van der Waals surface area contributed by atoms with Crippen LogP contribution >= 0.6 is 23.2 Å². The molecule has 3 saturated heterocycles. The number of carbonyl (C=O) groups excluding carboxylic acids is 3. The minimum absolute atomic E-state index is 0.0150. The molecule has 78 heavy (non-hydrogen) atoms. The first-order valence-corrected chi connectivity index (χ1v) is 30.1. The number of halogens is 3. The minimum Gasteiger partial charge on any atom is -0.482 e. The SMILES string of the molecule is CCCCC1CCN(CCCN2C(=O)COc3cc(Cl)ccc32)CC1.CCCCC1CCN(CCCN2C(=O)COc3cc([N+](=O)[O-])c(Cl)cc32)CC1.CCCCC1CCN(CCCN2C(=O)COc3ccc(F)cc32)CC1. The van der Waals surface area contributed by atoms with E-state index in [4.69, 9.17) is 37.4 Å². The fraction of sp³-hybridized carbons (Fsp3) is 0.650. The Balaban J connectivity index is 0.000000170. The van der Waals surface area contributed by atoms with Gasteiger partial charge in [0.15, 0.2) is 25.6 Å². The summed E-state index contributed by atoms with van der Waals surface area (Å²) >= 11 is 12.1. The van der Waals surface area contributed by atoms with E-state index >= 15 is 0 Å². The van der Waals surface area contributed by atoms with E-state index < -0.39 is 4.92 Å². The van der Waals surface area contributed by atoms with Crippen molar-refractivity contribution in [3.63, 3.8) is 0 Å². The Morgan fingerprint density at radius 2 is 0.910 bits per heavy atom. The molecule has 0 N–H and O–H groups in total. The van der Waals surface area contributed by atoms with E-state index in [0.717, 1.165) is 95.1 Å². The van der Waals surface area contributed by atoms with Crippen molar-refractivity contribution in [3.05, 3.63) is 74.5 Å². The Labute approximate surface area is 473 Å². The van der Waals surface area contributed by atoms with Gasteiger partial charge in [-0.2, -0.15) is 0 Å². The predicted octanol–water partition coefficient (Wildman–Crippen LogP) is 12.5. The molecule has 3 aromatic rings. The van der Waals surface area contributed by atoms with E-state index in [1.165, 1.54) is 134 Å². The summed E-state index contributed by atoms with van der Waals surface area (Å²) in [5, 5.41) is 11.7. The molecule has 0 bridgehead atoms. The monoisotopic (exact) mass is 1120 g/mol. The average Bonchev–Trinajstić information content (AvgIpc) is 3.45. The van der Waals surface area contributed by atoms with Crippen molar-refractivity contribution in [1.82, 2.24) is 14.7 Å². The molecule has 0 radical (unpaired) electrons. The zero-order valence-corrected chi connectivity index (χ0v) is 48.2. The van der Waals surface area contributed by atoms with Gasteiger partial charge in [0.1, 0.15) is 22.3 Å². The van der Waals surface area contributed by atoms with Gasteiger partial charge in [0, 0.05) is 36.8 Å². The Morgan fingerprint density at radius 3 is 1.33 bits per heavy atom. The van der Waals surface area contributed by atoms with Crippen LogP contribution in [0.5, 0.6) is 17.2 Å². The molecule has 3 aromatic carbocycles. The number of benzene rings is 3. The highest BCUT2D eigenvalue weighted by Gasteiger charge is 2.31. The van der Waals surface area contributed by atoms with E-state index in [1.54, 1.807) is 21.9 Å². The van der Waals surface area contributed by atoms with Crippen LogP contribution in [0.4, 0.5) is 27.1 Å². The quantitative estimate of drug-likeness (QED) is 0.0701. The summed E-state index contributed by atoms with van der Waals surface area (Å²) in [6.07, 6.45) is 22.5. The zero-order chi connectivity index (χ0) is 55.4. The maximum Gasteiger partial charge on any atom is 0.291 e. The molecule has 0 unspecified atom stereocenters. The van der Waals surface area contributed by atoms with Gasteiger partial charge in [-0.1, -0.05) is 102 Å². The lowest BCUT2D eigenvalue weighted by molar-refractivity contribution is -0.384. The molecule has 18 heteroatoms. The highest BCUT2D eigenvalue weighted by atomic mass is 35.5. The fourth-order valence-corrected chi connectivity index (χ4v) is 12.2. The predicted molar refractivity (Wildman–Crippen MR) is 309 cm³/mol. The van der Waals surface area contributed by atoms with Gasteiger partial charge in [0.2, 0.25) is 0 Å². The Bertz CT molecular complexity index is 2410. The molecule has 3 amide bonds. The highest BCUT2D eigenvalue weighted by Crippen LogP contribution is 2.41. The number of nitrogens with zero attached hydrogens (tertiary/aromatic N) is 7. The summed E-state index contributed by atoms with van der Waals surface area (Å²) in [5.41, 5.74) is 1.72. The molecule has 0 aromatic heterocycles. The number of nitro groups is 1. The van der Waals surface area contributed by atoms with Gasteiger partial charge in [-0.15, -0.1) is 0 Å². The molecule has 430 valence electrons. The van der Waals surface area contributed by atoms with Crippen LogP contribution in [0.2, 0.25) is 10.0 Å². The van der Waals surface area contributed by atoms with Gasteiger partial charge in [0.05, 0.1) is 28.1 Å². The van der Waals surface area contributed by atoms with E-state index in [0.29, 0.717) is 46.7 Å². The lowest BCUT2D eigenvalue weighted by atomic mass is 9.91. The third kappa shape index (κ3) is 17.9. The standard InChI is InChI=1S/C20H28ClN3O4.C20H29ClN2O2.C20H29FN2O2/c1-2-3-5-15-6-10-22(11-7-15)8-4-9-23-18-12-16(21)17(24(26)27)13-19(18)28-14-20(23)25;1-2-3-5-16-8-12-22(13-9-16)10-4-11-23-18-7-6-17(21)14-19(18)25-15-20(23)24;1-2-3-5-16-8-12-22(13-9-16)10-4-11-23-18-14-17(21)6-7-19(18)25-15-20(23)24/h12-13,15H,2-11,14H2,1H3;2*6-7,14,16H,2-5,8-13,15H2,1H3. The normalized spacial score (nSPS) is 18.6.